The number of rotatable bonds is 4. The molecule has 3 aromatic rings. The summed E-state index contributed by atoms with van der Waals surface area (Å²) in [5.74, 6) is -0.386. The van der Waals surface area contributed by atoms with Crippen molar-refractivity contribution in [1.82, 2.24) is 10.2 Å². The number of allylic oxidation sites excluding steroid dienone is 1. The van der Waals surface area contributed by atoms with Gasteiger partial charge >= 0.3 is 0 Å². The van der Waals surface area contributed by atoms with E-state index in [-0.39, 0.29) is 17.3 Å². The van der Waals surface area contributed by atoms with Gasteiger partial charge in [-0.05, 0) is 60.7 Å². The summed E-state index contributed by atoms with van der Waals surface area (Å²) in [6.45, 7) is 0. The molecule has 0 unspecified atom stereocenters. The van der Waals surface area contributed by atoms with Crippen LogP contribution in [0.5, 0.6) is 5.75 Å². The van der Waals surface area contributed by atoms with Gasteiger partial charge in [0.05, 0.1) is 11.9 Å². The number of H-pyrrole nitrogens is 1. The van der Waals surface area contributed by atoms with E-state index in [9.17, 15) is 14.3 Å². The maximum Gasteiger partial charge on any atom is 0.185 e. The van der Waals surface area contributed by atoms with E-state index < -0.39 is 0 Å². The van der Waals surface area contributed by atoms with E-state index >= 15 is 0 Å². The minimum absolute atomic E-state index is 0.110. The molecule has 23 heavy (non-hydrogen) atoms. The summed E-state index contributed by atoms with van der Waals surface area (Å²) in [5.41, 5.74) is 2.69. The number of phenols is 1. The van der Waals surface area contributed by atoms with Gasteiger partial charge in [0.15, 0.2) is 5.78 Å². The van der Waals surface area contributed by atoms with Crippen molar-refractivity contribution in [1.29, 1.82) is 0 Å². The molecule has 0 spiro atoms. The number of ketones is 1. The Morgan fingerprint density at radius 3 is 2.48 bits per heavy atom. The maximum atomic E-state index is 13.0. The van der Waals surface area contributed by atoms with Crippen LogP contribution >= 0.6 is 0 Å². The zero-order chi connectivity index (χ0) is 16.2. The lowest BCUT2D eigenvalue weighted by molar-refractivity contribution is 0.104. The van der Waals surface area contributed by atoms with Crippen LogP contribution in [0, 0.1) is 5.82 Å². The first-order valence-electron chi connectivity index (χ1n) is 6.94. The first kappa shape index (κ1) is 14.7. The largest absolute Gasteiger partial charge is 0.508 e. The average Bonchev–Trinajstić information content (AvgIpc) is 3.02. The van der Waals surface area contributed by atoms with Crippen LogP contribution in [0.1, 0.15) is 15.9 Å². The van der Waals surface area contributed by atoms with Crippen molar-refractivity contribution in [2.45, 2.75) is 0 Å². The van der Waals surface area contributed by atoms with Crippen LogP contribution in [0.4, 0.5) is 4.39 Å². The Kier molecular flexibility index (Phi) is 4.01. The first-order chi connectivity index (χ1) is 11.1. The van der Waals surface area contributed by atoms with Crippen LogP contribution in [0.25, 0.3) is 17.3 Å². The highest BCUT2D eigenvalue weighted by molar-refractivity contribution is 6.07. The second kappa shape index (κ2) is 6.27. The highest BCUT2D eigenvalue weighted by atomic mass is 19.1. The molecule has 5 heteroatoms. The van der Waals surface area contributed by atoms with Gasteiger partial charge in [-0.1, -0.05) is 0 Å². The van der Waals surface area contributed by atoms with E-state index in [0.29, 0.717) is 11.3 Å². The number of phenolic OH excluding ortho intramolecular Hbond substituents is 1. The number of aromatic amines is 1. The lowest BCUT2D eigenvalue weighted by Gasteiger charge is -2.00. The standard InChI is InChI=1S/C18H13FN2O2/c19-15-6-1-13(2-7-15)18-14(11-20-21-18)5-10-17(23)12-3-8-16(22)9-4-12/h1-11,22H,(H,20,21). The van der Waals surface area contributed by atoms with Crippen LogP contribution < -0.4 is 0 Å². The molecule has 0 aliphatic rings. The number of hydrogen-bond donors (Lipinski definition) is 2. The van der Waals surface area contributed by atoms with E-state index in [4.69, 9.17) is 0 Å². The average molecular weight is 308 g/mol. The van der Waals surface area contributed by atoms with E-state index in [1.807, 2.05) is 0 Å². The first-order valence-corrected chi connectivity index (χ1v) is 6.94. The van der Waals surface area contributed by atoms with Gasteiger partial charge in [-0.3, -0.25) is 9.89 Å². The van der Waals surface area contributed by atoms with Crippen LogP contribution in [-0.4, -0.2) is 21.1 Å². The zero-order valence-corrected chi connectivity index (χ0v) is 12.0. The Morgan fingerprint density at radius 2 is 1.78 bits per heavy atom. The van der Waals surface area contributed by atoms with Crippen LogP contribution in [0.15, 0.2) is 60.8 Å². The predicted molar refractivity (Wildman–Crippen MR) is 85.5 cm³/mol. The Hall–Kier alpha value is -3.21. The number of nitrogens with zero attached hydrogens (tertiary/aromatic N) is 1. The summed E-state index contributed by atoms with van der Waals surface area (Å²) >= 11 is 0. The lowest BCUT2D eigenvalue weighted by atomic mass is 10.1. The molecule has 0 atom stereocenters. The van der Waals surface area contributed by atoms with Gasteiger partial charge in [-0.15, -0.1) is 0 Å². The molecule has 0 fully saturated rings. The third kappa shape index (κ3) is 3.35. The molecule has 2 aromatic carbocycles. The van der Waals surface area contributed by atoms with Crippen molar-refractivity contribution >= 4 is 11.9 Å². The summed E-state index contributed by atoms with van der Waals surface area (Å²) in [5, 5.41) is 16.0. The van der Waals surface area contributed by atoms with Gasteiger partial charge in [0.2, 0.25) is 0 Å². The van der Waals surface area contributed by atoms with Gasteiger partial charge in [0.1, 0.15) is 11.6 Å². The maximum absolute atomic E-state index is 13.0. The molecule has 2 N–H and O–H groups in total. The molecule has 3 rings (SSSR count). The van der Waals surface area contributed by atoms with E-state index in [1.165, 1.54) is 30.3 Å². The number of carbonyl (C=O) groups excluding carboxylic acids is 1. The molecular formula is C18H13FN2O2. The highest BCUT2D eigenvalue weighted by Gasteiger charge is 2.07. The van der Waals surface area contributed by atoms with Crippen molar-refractivity contribution in [2.75, 3.05) is 0 Å². The van der Waals surface area contributed by atoms with Crippen LogP contribution in [0.3, 0.4) is 0 Å². The molecule has 4 nitrogen and oxygen atoms in total. The van der Waals surface area contributed by atoms with Crippen molar-refractivity contribution < 1.29 is 14.3 Å². The third-order valence-corrected chi connectivity index (χ3v) is 3.37. The number of aromatic hydroxyl groups is 1. The normalized spacial score (nSPS) is 11.0. The van der Waals surface area contributed by atoms with Gasteiger partial charge in [-0.2, -0.15) is 5.10 Å². The lowest BCUT2D eigenvalue weighted by Crippen LogP contribution is -1.93. The van der Waals surface area contributed by atoms with Crippen molar-refractivity contribution in [3.05, 3.63) is 77.7 Å². The Morgan fingerprint density at radius 1 is 1.09 bits per heavy atom. The number of aromatic nitrogens is 2. The Labute approximate surface area is 131 Å². The Balaban J connectivity index is 1.83. The second-order valence-corrected chi connectivity index (χ2v) is 4.95. The van der Waals surface area contributed by atoms with Gasteiger partial charge in [-0.25, -0.2) is 4.39 Å². The number of halogens is 1. The summed E-state index contributed by atoms with van der Waals surface area (Å²) in [4.78, 5) is 12.1. The second-order valence-electron chi connectivity index (χ2n) is 4.95. The number of hydrogen-bond acceptors (Lipinski definition) is 3. The molecule has 1 heterocycles. The van der Waals surface area contributed by atoms with Gasteiger partial charge in [0.25, 0.3) is 0 Å². The molecule has 0 saturated heterocycles. The molecule has 0 amide bonds. The summed E-state index contributed by atoms with van der Waals surface area (Å²) in [6, 6.07) is 12.0. The van der Waals surface area contributed by atoms with E-state index in [2.05, 4.69) is 10.2 Å². The topological polar surface area (TPSA) is 66.0 Å². The quantitative estimate of drug-likeness (QED) is 0.569. The highest BCUT2D eigenvalue weighted by Crippen LogP contribution is 2.22. The number of carbonyl (C=O) groups is 1. The fourth-order valence-electron chi connectivity index (χ4n) is 2.16. The van der Waals surface area contributed by atoms with E-state index in [0.717, 1.165) is 11.1 Å². The minimum atomic E-state index is -0.312. The molecule has 0 aliphatic heterocycles. The molecule has 0 bridgehead atoms. The van der Waals surface area contributed by atoms with Crippen molar-refractivity contribution in [3.63, 3.8) is 0 Å². The Bertz CT molecular complexity index is 849. The number of benzene rings is 2. The molecule has 0 radical (unpaired) electrons. The minimum Gasteiger partial charge on any atom is -0.508 e. The van der Waals surface area contributed by atoms with Crippen LogP contribution in [-0.2, 0) is 0 Å². The fraction of sp³-hybridized carbons (Fsp3) is 0. The third-order valence-electron chi connectivity index (χ3n) is 3.37. The summed E-state index contributed by atoms with van der Waals surface area (Å²) in [6.07, 6.45) is 4.68. The zero-order valence-electron chi connectivity index (χ0n) is 12.0. The van der Waals surface area contributed by atoms with Crippen LogP contribution in [0.2, 0.25) is 0 Å². The number of nitrogens with one attached hydrogen (secondary N) is 1. The van der Waals surface area contributed by atoms with Crippen molar-refractivity contribution in [2.24, 2.45) is 0 Å². The van der Waals surface area contributed by atoms with Gasteiger partial charge in [0, 0.05) is 16.7 Å². The molecular weight excluding hydrogens is 295 g/mol. The summed E-state index contributed by atoms with van der Waals surface area (Å²) < 4.78 is 13.0. The predicted octanol–water partition coefficient (Wildman–Crippen LogP) is 3.82. The SMILES string of the molecule is O=C(C=Cc1cn[nH]c1-c1ccc(F)cc1)c1ccc(O)cc1. The van der Waals surface area contributed by atoms with Crippen molar-refractivity contribution in [3.8, 4) is 17.0 Å². The smallest absolute Gasteiger partial charge is 0.185 e. The molecule has 0 aliphatic carbocycles. The monoisotopic (exact) mass is 308 g/mol. The summed E-state index contributed by atoms with van der Waals surface area (Å²) in [7, 11) is 0. The molecule has 1 aromatic heterocycles. The fourth-order valence-corrected chi connectivity index (χ4v) is 2.16. The molecule has 0 saturated carbocycles. The van der Waals surface area contributed by atoms with E-state index in [1.54, 1.807) is 36.5 Å². The van der Waals surface area contributed by atoms with Gasteiger partial charge < -0.3 is 5.11 Å². The molecule has 114 valence electrons.